The summed E-state index contributed by atoms with van der Waals surface area (Å²) in [5, 5.41) is 3.68. The van der Waals surface area contributed by atoms with E-state index in [1.807, 2.05) is 12.1 Å². The number of anilines is 1. The minimum absolute atomic E-state index is 0.588. The van der Waals surface area contributed by atoms with Gasteiger partial charge in [-0.3, -0.25) is 0 Å². The normalized spacial score (nSPS) is 23.4. The van der Waals surface area contributed by atoms with Crippen molar-refractivity contribution in [1.82, 2.24) is 0 Å². The van der Waals surface area contributed by atoms with Gasteiger partial charge in [0.2, 0.25) is 0 Å². The number of nitrogens with one attached hydrogen (secondary N) is 1. The molecule has 0 aromatic heterocycles. The Balaban J connectivity index is 2.04. The zero-order valence-electron chi connectivity index (χ0n) is 12.1. The molecule has 1 saturated carbocycles. The largest absolute Gasteiger partial charge is 0.497 e. The lowest BCUT2D eigenvalue weighted by molar-refractivity contribution is 0.264. The second-order valence-electron chi connectivity index (χ2n) is 5.86. The molecule has 106 valence electrons. The molecule has 2 atom stereocenters. The second-order valence-corrected chi connectivity index (χ2v) is 6.71. The summed E-state index contributed by atoms with van der Waals surface area (Å²) >= 11 is 3.61. The Morgan fingerprint density at radius 3 is 2.79 bits per heavy atom. The van der Waals surface area contributed by atoms with E-state index in [-0.39, 0.29) is 0 Å². The average Bonchev–Trinajstić information content (AvgIpc) is 2.41. The van der Waals surface area contributed by atoms with E-state index in [4.69, 9.17) is 4.74 Å². The van der Waals surface area contributed by atoms with Crippen LogP contribution in [-0.2, 0) is 0 Å². The first-order valence-electron chi connectivity index (χ1n) is 7.20. The topological polar surface area (TPSA) is 21.3 Å². The Kier molecular flexibility index (Phi) is 5.14. The molecule has 2 unspecified atom stereocenters. The van der Waals surface area contributed by atoms with Crippen molar-refractivity contribution in [3.63, 3.8) is 0 Å². The standard InChI is InChI=1S/C16H24BrNO/c1-11(2)12-5-4-6-13(9-12)18-16-10-14(19-3)7-8-15(16)17/h7-8,10-13,18H,4-6,9H2,1-3H3. The minimum Gasteiger partial charge on any atom is -0.497 e. The number of hydrogen-bond donors (Lipinski definition) is 1. The van der Waals surface area contributed by atoms with Gasteiger partial charge in [0.05, 0.1) is 12.8 Å². The molecule has 0 spiro atoms. The molecule has 0 radical (unpaired) electrons. The second kappa shape index (κ2) is 6.65. The molecule has 19 heavy (non-hydrogen) atoms. The zero-order chi connectivity index (χ0) is 13.8. The van der Waals surface area contributed by atoms with Crippen molar-refractivity contribution in [2.75, 3.05) is 12.4 Å². The van der Waals surface area contributed by atoms with Crippen molar-refractivity contribution in [2.45, 2.75) is 45.6 Å². The van der Waals surface area contributed by atoms with Gasteiger partial charge in [-0.1, -0.05) is 26.7 Å². The van der Waals surface area contributed by atoms with Crippen LogP contribution in [0.15, 0.2) is 22.7 Å². The highest BCUT2D eigenvalue weighted by Gasteiger charge is 2.24. The summed E-state index contributed by atoms with van der Waals surface area (Å²) in [6.07, 6.45) is 5.27. The lowest BCUT2D eigenvalue weighted by atomic mass is 9.79. The van der Waals surface area contributed by atoms with Crippen LogP contribution in [-0.4, -0.2) is 13.2 Å². The highest BCUT2D eigenvalue weighted by Crippen LogP contribution is 2.34. The smallest absolute Gasteiger partial charge is 0.121 e. The van der Waals surface area contributed by atoms with E-state index in [9.17, 15) is 0 Å². The average molecular weight is 326 g/mol. The number of methoxy groups -OCH3 is 1. The van der Waals surface area contributed by atoms with E-state index in [0.717, 1.165) is 27.7 Å². The molecule has 3 heteroatoms. The molecule has 0 aliphatic heterocycles. The van der Waals surface area contributed by atoms with Gasteiger partial charge >= 0.3 is 0 Å². The van der Waals surface area contributed by atoms with E-state index in [1.54, 1.807) is 7.11 Å². The number of rotatable bonds is 4. The van der Waals surface area contributed by atoms with Gasteiger partial charge in [-0.15, -0.1) is 0 Å². The summed E-state index contributed by atoms with van der Waals surface area (Å²) in [5.41, 5.74) is 1.15. The Morgan fingerprint density at radius 2 is 2.11 bits per heavy atom. The first-order valence-corrected chi connectivity index (χ1v) is 7.99. The Bertz CT molecular complexity index is 419. The first-order chi connectivity index (χ1) is 9.10. The molecular formula is C16H24BrNO. The van der Waals surface area contributed by atoms with Gasteiger partial charge in [0.15, 0.2) is 0 Å². The molecule has 1 aliphatic rings. The molecule has 0 bridgehead atoms. The number of ether oxygens (including phenoxy) is 1. The molecular weight excluding hydrogens is 302 g/mol. The summed E-state index contributed by atoms with van der Waals surface area (Å²) in [6, 6.07) is 6.68. The van der Waals surface area contributed by atoms with Crippen LogP contribution in [0, 0.1) is 11.8 Å². The van der Waals surface area contributed by atoms with Gasteiger partial charge in [0, 0.05) is 16.6 Å². The van der Waals surface area contributed by atoms with Gasteiger partial charge in [-0.05, 0) is 52.7 Å². The fourth-order valence-corrected chi connectivity index (χ4v) is 3.29. The van der Waals surface area contributed by atoms with Gasteiger partial charge < -0.3 is 10.1 Å². The van der Waals surface area contributed by atoms with Crippen LogP contribution < -0.4 is 10.1 Å². The van der Waals surface area contributed by atoms with E-state index in [1.165, 1.54) is 25.7 Å². The van der Waals surface area contributed by atoms with Crippen molar-refractivity contribution < 1.29 is 4.74 Å². The molecule has 1 aromatic rings. The molecule has 1 aromatic carbocycles. The van der Waals surface area contributed by atoms with E-state index in [2.05, 4.69) is 41.2 Å². The van der Waals surface area contributed by atoms with Crippen molar-refractivity contribution in [3.8, 4) is 5.75 Å². The minimum atomic E-state index is 0.588. The van der Waals surface area contributed by atoms with Crippen LogP contribution in [0.4, 0.5) is 5.69 Å². The first kappa shape index (κ1) is 14.7. The maximum absolute atomic E-state index is 5.30. The van der Waals surface area contributed by atoms with E-state index >= 15 is 0 Å². The van der Waals surface area contributed by atoms with Crippen molar-refractivity contribution in [1.29, 1.82) is 0 Å². The number of halogens is 1. The number of hydrogen-bond acceptors (Lipinski definition) is 2. The van der Waals surface area contributed by atoms with E-state index in [0.29, 0.717) is 6.04 Å². The highest BCUT2D eigenvalue weighted by molar-refractivity contribution is 9.10. The lowest BCUT2D eigenvalue weighted by Crippen LogP contribution is -2.29. The summed E-state index contributed by atoms with van der Waals surface area (Å²) < 4.78 is 6.41. The maximum atomic E-state index is 5.30. The summed E-state index contributed by atoms with van der Waals surface area (Å²) in [5.74, 6) is 2.55. The van der Waals surface area contributed by atoms with Crippen molar-refractivity contribution in [2.24, 2.45) is 11.8 Å². The summed E-state index contributed by atoms with van der Waals surface area (Å²) in [7, 11) is 1.71. The fraction of sp³-hybridized carbons (Fsp3) is 0.625. The van der Waals surface area contributed by atoms with Crippen LogP contribution in [0.25, 0.3) is 0 Å². The third-order valence-electron chi connectivity index (χ3n) is 4.19. The molecule has 1 aliphatic carbocycles. The Labute approximate surface area is 125 Å². The fourth-order valence-electron chi connectivity index (χ4n) is 2.93. The van der Waals surface area contributed by atoms with Crippen LogP contribution in [0.1, 0.15) is 39.5 Å². The lowest BCUT2D eigenvalue weighted by Gasteiger charge is -2.33. The van der Waals surface area contributed by atoms with Crippen molar-refractivity contribution in [3.05, 3.63) is 22.7 Å². The predicted molar refractivity (Wildman–Crippen MR) is 84.9 cm³/mol. The zero-order valence-corrected chi connectivity index (χ0v) is 13.7. The van der Waals surface area contributed by atoms with Gasteiger partial charge in [0.1, 0.15) is 5.75 Å². The van der Waals surface area contributed by atoms with Gasteiger partial charge in [0.25, 0.3) is 0 Å². The molecule has 1 N–H and O–H groups in total. The molecule has 1 fully saturated rings. The van der Waals surface area contributed by atoms with Crippen LogP contribution in [0.3, 0.4) is 0 Å². The molecule has 0 heterocycles. The maximum Gasteiger partial charge on any atom is 0.121 e. The molecule has 0 amide bonds. The van der Waals surface area contributed by atoms with E-state index < -0.39 is 0 Å². The number of benzene rings is 1. The Hall–Kier alpha value is -0.700. The summed E-state index contributed by atoms with van der Waals surface area (Å²) in [6.45, 7) is 4.68. The molecule has 2 nitrogen and oxygen atoms in total. The van der Waals surface area contributed by atoms with Crippen LogP contribution >= 0.6 is 15.9 Å². The highest BCUT2D eigenvalue weighted by atomic mass is 79.9. The SMILES string of the molecule is COc1ccc(Br)c(NC2CCCC(C(C)C)C2)c1. The third kappa shape index (κ3) is 3.88. The molecule has 0 saturated heterocycles. The Morgan fingerprint density at radius 1 is 1.32 bits per heavy atom. The quantitative estimate of drug-likeness (QED) is 0.833. The molecule has 2 rings (SSSR count). The van der Waals surface area contributed by atoms with Gasteiger partial charge in [-0.2, -0.15) is 0 Å². The predicted octanol–water partition coefficient (Wildman–Crippen LogP) is 5.08. The van der Waals surface area contributed by atoms with Crippen LogP contribution in [0.5, 0.6) is 5.75 Å². The van der Waals surface area contributed by atoms with Crippen molar-refractivity contribution >= 4 is 21.6 Å². The summed E-state index contributed by atoms with van der Waals surface area (Å²) in [4.78, 5) is 0. The van der Waals surface area contributed by atoms with Crippen LogP contribution in [0.2, 0.25) is 0 Å². The monoisotopic (exact) mass is 325 g/mol. The van der Waals surface area contributed by atoms with Gasteiger partial charge in [-0.25, -0.2) is 0 Å². The third-order valence-corrected chi connectivity index (χ3v) is 4.88.